The summed E-state index contributed by atoms with van der Waals surface area (Å²) in [6.07, 6.45) is 1.43. The van der Waals surface area contributed by atoms with Gasteiger partial charge in [0.15, 0.2) is 5.11 Å². The third-order valence-corrected chi connectivity index (χ3v) is 6.27. The normalized spacial score (nSPS) is 13.7. The molecule has 1 saturated heterocycles. The van der Waals surface area contributed by atoms with Gasteiger partial charge in [0.1, 0.15) is 5.57 Å². The molecule has 2 amide bonds. The lowest BCUT2D eigenvalue weighted by molar-refractivity contribution is -0.384. The summed E-state index contributed by atoms with van der Waals surface area (Å²) in [6, 6.07) is 22.1. The van der Waals surface area contributed by atoms with Crippen LogP contribution >= 0.6 is 12.2 Å². The second-order valence-electron chi connectivity index (χ2n) is 7.97. The zero-order chi connectivity index (χ0) is 25.8. The van der Waals surface area contributed by atoms with E-state index in [9.17, 15) is 19.7 Å². The number of hydrogen-bond acceptors (Lipinski definition) is 6. The summed E-state index contributed by atoms with van der Waals surface area (Å²) in [6.45, 7) is 5.21. The van der Waals surface area contributed by atoms with Gasteiger partial charge in [0.05, 0.1) is 16.3 Å². The average molecular weight is 501 g/mol. The zero-order valence-corrected chi connectivity index (χ0v) is 20.6. The number of para-hydroxylation sites is 2. The highest BCUT2D eigenvalue weighted by Gasteiger charge is 2.41. The van der Waals surface area contributed by atoms with E-state index in [1.807, 2.05) is 30.9 Å². The molecule has 0 unspecified atom stereocenters. The van der Waals surface area contributed by atoms with Crippen molar-refractivity contribution in [1.82, 2.24) is 0 Å². The van der Waals surface area contributed by atoms with Crippen molar-refractivity contribution in [3.05, 3.63) is 100 Å². The van der Waals surface area contributed by atoms with E-state index in [2.05, 4.69) is 0 Å². The predicted molar refractivity (Wildman–Crippen MR) is 145 cm³/mol. The van der Waals surface area contributed by atoms with Crippen LogP contribution in [0.1, 0.15) is 19.4 Å². The summed E-state index contributed by atoms with van der Waals surface area (Å²) in [4.78, 5) is 43.1. The fourth-order valence-electron chi connectivity index (χ4n) is 4.12. The molecule has 9 heteroatoms. The van der Waals surface area contributed by atoms with Crippen molar-refractivity contribution in [2.24, 2.45) is 0 Å². The summed E-state index contributed by atoms with van der Waals surface area (Å²) in [5.41, 5.74) is 1.82. The number of carbonyl (C=O) groups excluding carboxylic acids is 2. The Bertz CT molecular complexity index is 1290. The lowest BCUT2D eigenvalue weighted by Crippen LogP contribution is -2.56. The number of carbonyl (C=O) groups is 2. The number of benzene rings is 3. The van der Waals surface area contributed by atoms with E-state index in [1.165, 1.54) is 28.0 Å². The molecule has 0 spiro atoms. The van der Waals surface area contributed by atoms with Crippen LogP contribution in [0.25, 0.3) is 6.08 Å². The van der Waals surface area contributed by atoms with Crippen molar-refractivity contribution in [2.45, 2.75) is 13.8 Å². The van der Waals surface area contributed by atoms with Gasteiger partial charge in [-0.05, 0) is 62.5 Å². The van der Waals surface area contributed by atoms with E-state index in [-0.39, 0.29) is 16.4 Å². The largest absolute Gasteiger partial charge is 0.372 e. The molecule has 3 aromatic carbocycles. The Morgan fingerprint density at radius 2 is 1.36 bits per heavy atom. The van der Waals surface area contributed by atoms with Gasteiger partial charge in [0.2, 0.25) is 0 Å². The van der Waals surface area contributed by atoms with Gasteiger partial charge in [-0.2, -0.15) is 0 Å². The van der Waals surface area contributed by atoms with E-state index in [4.69, 9.17) is 12.2 Å². The molecule has 1 aliphatic heterocycles. The second-order valence-corrected chi connectivity index (χ2v) is 8.33. The van der Waals surface area contributed by atoms with Crippen molar-refractivity contribution < 1.29 is 14.5 Å². The number of hydrogen-bond donors (Lipinski definition) is 0. The highest BCUT2D eigenvalue weighted by Crippen LogP contribution is 2.33. The van der Waals surface area contributed by atoms with Gasteiger partial charge in [-0.3, -0.25) is 29.5 Å². The number of amides is 2. The zero-order valence-electron chi connectivity index (χ0n) is 19.8. The van der Waals surface area contributed by atoms with Crippen molar-refractivity contribution >= 4 is 58.0 Å². The second kappa shape index (κ2) is 10.5. The Morgan fingerprint density at radius 3 is 1.81 bits per heavy atom. The van der Waals surface area contributed by atoms with Crippen LogP contribution in [0.3, 0.4) is 0 Å². The van der Waals surface area contributed by atoms with Crippen molar-refractivity contribution in [2.75, 3.05) is 27.8 Å². The quantitative estimate of drug-likeness (QED) is 0.146. The summed E-state index contributed by atoms with van der Waals surface area (Å²) >= 11 is 5.63. The highest BCUT2D eigenvalue weighted by molar-refractivity contribution is 7.81. The maximum absolute atomic E-state index is 13.7. The Labute approximate surface area is 214 Å². The number of non-ortho nitro benzene ring substituents is 1. The minimum atomic E-state index is -0.597. The van der Waals surface area contributed by atoms with Crippen LogP contribution in [-0.4, -0.2) is 34.9 Å². The van der Waals surface area contributed by atoms with Crippen molar-refractivity contribution in [1.29, 1.82) is 0 Å². The third kappa shape index (κ3) is 4.60. The minimum absolute atomic E-state index is 0.0301. The smallest absolute Gasteiger partial charge is 0.270 e. The van der Waals surface area contributed by atoms with Gasteiger partial charge in [-0.1, -0.05) is 36.4 Å². The van der Waals surface area contributed by atoms with Crippen LogP contribution in [0.2, 0.25) is 0 Å². The van der Waals surface area contributed by atoms with Gasteiger partial charge < -0.3 is 4.90 Å². The SMILES string of the molecule is CCN(CC)c1ccc([N+](=O)[O-])cc1C=C1C(=O)N(c2ccccc2)C(=S)N(c2ccccc2)C1=O. The first-order chi connectivity index (χ1) is 17.4. The molecule has 4 rings (SSSR count). The maximum atomic E-state index is 13.7. The number of nitrogens with zero attached hydrogens (tertiary/aromatic N) is 4. The maximum Gasteiger partial charge on any atom is 0.270 e. The van der Waals surface area contributed by atoms with Crippen LogP contribution in [0.15, 0.2) is 84.4 Å². The van der Waals surface area contributed by atoms with Gasteiger partial charge in [-0.25, -0.2) is 0 Å². The molecular formula is C27H24N4O4S. The van der Waals surface area contributed by atoms with Crippen LogP contribution in [0, 0.1) is 10.1 Å². The van der Waals surface area contributed by atoms with Gasteiger partial charge >= 0.3 is 0 Å². The van der Waals surface area contributed by atoms with Crippen LogP contribution in [-0.2, 0) is 9.59 Å². The minimum Gasteiger partial charge on any atom is -0.372 e. The van der Waals surface area contributed by atoms with E-state index in [0.29, 0.717) is 35.7 Å². The average Bonchev–Trinajstić information content (AvgIpc) is 2.89. The number of anilines is 3. The molecule has 1 aliphatic rings. The predicted octanol–water partition coefficient (Wildman–Crippen LogP) is 5.19. The molecule has 0 bridgehead atoms. The number of nitro groups is 1. The fraction of sp³-hybridized carbons (Fsp3) is 0.148. The van der Waals surface area contributed by atoms with Crippen molar-refractivity contribution in [3.63, 3.8) is 0 Å². The lowest BCUT2D eigenvalue weighted by Gasteiger charge is -2.36. The molecule has 1 fully saturated rings. The van der Waals surface area contributed by atoms with E-state index in [0.717, 1.165) is 0 Å². The Kier molecular flexibility index (Phi) is 7.21. The molecule has 0 aliphatic carbocycles. The Hall–Kier alpha value is -4.37. The first-order valence-corrected chi connectivity index (χ1v) is 11.9. The molecule has 3 aromatic rings. The van der Waals surface area contributed by atoms with Gasteiger partial charge in [0, 0.05) is 36.5 Å². The molecule has 0 atom stereocenters. The molecule has 0 radical (unpaired) electrons. The molecule has 0 saturated carbocycles. The summed E-state index contributed by atoms with van der Waals surface area (Å²) in [7, 11) is 0. The fourth-order valence-corrected chi connectivity index (χ4v) is 4.49. The standard InChI is InChI=1S/C27H24N4O4S/c1-3-28(4-2)24-16-15-22(31(34)35)17-19(24)18-23-25(32)29(20-11-7-5-8-12-20)27(36)30(26(23)33)21-13-9-6-10-14-21/h5-18H,3-4H2,1-2H3. The van der Waals surface area contributed by atoms with Gasteiger partial charge in [-0.15, -0.1) is 0 Å². The van der Waals surface area contributed by atoms with E-state index < -0.39 is 16.7 Å². The first-order valence-electron chi connectivity index (χ1n) is 11.4. The number of rotatable bonds is 7. The van der Waals surface area contributed by atoms with Gasteiger partial charge in [0.25, 0.3) is 17.5 Å². The third-order valence-electron chi connectivity index (χ3n) is 5.90. The Balaban J connectivity index is 1.93. The highest BCUT2D eigenvalue weighted by atomic mass is 32.1. The topological polar surface area (TPSA) is 87.0 Å². The molecule has 8 nitrogen and oxygen atoms in total. The first kappa shape index (κ1) is 24.7. The molecule has 182 valence electrons. The summed E-state index contributed by atoms with van der Waals surface area (Å²) < 4.78 is 0. The Morgan fingerprint density at radius 1 is 0.861 bits per heavy atom. The summed E-state index contributed by atoms with van der Waals surface area (Å²) in [5.74, 6) is -1.19. The molecular weight excluding hydrogens is 476 g/mol. The lowest BCUT2D eigenvalue weighted by atomic mass is 10.0. The van der Waals surface area contributed by atoms with E-state index >= 15 is 0 Å². The molecule has 1 heterocycles. The van der Waals surface area contributed by atoms with E-state index in [1.54, 1.807) is 54.6 Å². The van der Waals surface area contributed by atoms with Crippen LogP contribution in [0.5, 0.6) is 0 Å². The molecule has 0 N–H and O–H groups in total. The molecule has 0 aromatic heterocycles. The van der Waals surface area contributed by atoms with Crippen LogP contribution in [0.4, 0.5) is 22.7 Å². The summed E-state index contributed by atoms with van der Waals surface area (Å²) in [5, 5.41) is 11.5. The monoisotopic (exact) mass is 500 g/mol. The number of nitro benzene ring substituents is 1. The number of thiocarbonyl (C=S) groups is 1. The molecule has 36 heavy (non-hydrogen) atoms. The van der Waals surface area contributed by atoms with Crippen LogP contribution < -0.4 is 14.7 Å². The van der Waals surface area contributed by atoms with Crippen molar-refractivity contribution in [3.8, 4) is 0 Å².